The second-order valence-electron chi connectivity index (χ2n) is 5.73. The fourth-order valence-electron chi connectivity index (χ4n) is 2.48. The molecule has 2 heterocycles. The number of hydrogen-bond acceptors (Lipinski definition) is 6. The number of sulfonamides is 1. The van der Waals surface area contributed by atoms with Crippen LogP contribution in [-0.4, -0.2) is 61.9 Å². The number of β-amino-alcohol motifs (C(OH)–C–C–N with tert-alkyl or cyclic N) is 1. The molecule has 1 aliphatic heterocycles. The minimum atomic E-state index is -3.38. The first-order valence-electron chi connectivity index (χ1n) is 6.95. The molecule has 0 amide bonds. The lowest BCUT2D eigenvalue weighted by Gasteiger charge is -2.19. The summed E-state index contributed by atoms with van der Waals surface area (Å²) in [6.45, 7) is 2.46. The number of pyridine rings is 1. The van der Waals surface area contributed by atoms with E-state index in [1.54, 1.807) is 17.0 Å². The van der Waals surface area contributed by atoms with Crippen molar-refractivity contribution in [2.45, 2.75) is 13.0 Å². The van der Waals surface area contributed by atoms with Gasteiger partial charge in [-0.15, -0.1) is 0 Å². The average Bonchev–Trinajstić information content (AvgIpc) is 2.79. The number of aromatic nitrogens is 1. The Hall–Kier alpha value is -1.69. The van der Waals surface area contributed by atoms with Crippen LogP contribution in [0.1, 0.15) is 11.3 Å². The fourth-order valence-corrected chi connectivity index (χ4v) is 3.65. The summed E-state index contributed by atoms with van der Waals surface area (Å²) in [6, 6.07) is 5.52. The van der Waals surface area contributed by atoms with Crippen LogP contribution in [0.2, 0.25) is 0 Å². The minimum absolute atomic E-state index is 0.120. The van der Waals surface area contributed by atoms with Crippen molar-refractivity contribution >= 4 is 15.8 Å². The SMILES string of the molecule is Cc1ccc(C#N)c(N2C[C@@H](CS(=O)(=O)N(C)C)[C@H](O)C2)n1. The number of nitrogens with zero attached hydrogens (tertiary/aromatic N) is 4. The van der Waals surface area contributed by atoms with E-state index in [-0.39, 0.29) is 12.3 Å². The van der Waals surface area contributed by atoms with Crippen molar-refractivity contribution in [1.29, 1.82) is 5.26 Å². The molecule has 0 saturated carbocycles. The molecule has 1 saturated heterocycles. The molecule has 7 nitrogen and oxygen atoms in total. The molecule has 1 aromatic rings. The molecule has 120 valence electrons. The summed E-state index contributed by atoms with van der Waals surface area (Å²) < 4.78 is 25.1. The van der Waals surface area contributed by atoms with E-state index >= 15 is 0 Å². The molecular weight excluding hydrogens is 304 g/mol. The first-order valence-corrected chi connectivity index (χ1v) is 8.56. The number of anilines is 1. The molecule has 22 heavy (non-hydrogen) atoms. The van der Waals surface area contributed by atoms with Gasteiger partial charge in [-0.05, 0) is 19.1 Å². The average molecular weight is 324 g/mol. The highest BCUT2D eigenvalue weighted by molar-refractivity contribution is 7.89. The second kappa shape index (κ2) is 6.20. The Kier molecular flexibility index (Phi) is 4.70. The molecule has 2 atom stereocenters. The lowest BCUT2D eigenvalue weighted by molar-refractivity contribution is 0.157. The maximum Gasteiger partial charge on any atom is 0.214 e. The Morgan fingerprint density at radius 3 is 2.73 bits per heavy atom. The highest BCUT2D eigenvalue weighted by Crippen LogP contribution is 2.27. The molecule has 1 N–H and O–H groups in total. The lowest BCUT2D eigenvalue weighted by atomic mass is 10.1. The van der Waals surface area contributed by atoms with Gasteiger partial charge in [-0.1, -0.05) is 0 Å². The van der Waals surface area contributed by atoms with Gasteiger partial charge in [0.25, 0.3) is 0 Å². The molecule has 1 aromatic heterocycles. The van der Waals surface area contributed by atoms with E-state index < -0.39 is 22.0 Å². The number of rotatable bonds is 4. The molecule has 0 bridgehead atoms. The summed E-state index contributed by atoms with van der Waals surface area (Å²) in [7, 11) is -0.430. The lowest BCUT2D eigenvalue weighted by Crippen LogP contribution is -2.33. The molecule has 0 spiro atoms. The van der Waals surface area contributed by atoms with E-state index in [1.807, 2.05) is 6.92 Å². The van der Waals surface area contributed by atoms with Gasteiger partial charge in [0.05, 0.1) is 17.4 Å². The van der Waals surface area contributed by atoms with Gasteiger partial charge < -0.3 is 10.0 Å². The molecule has 0 radical (unpaired) electrons. The third-order valence-electron chi connectivity index (χ3n) is 3.82. The van der Waals surface area contributed by atoms with Gasteiger partial charge in [-0.3, -0.25) is 0 Å². The molecular formula is C14H20N4O3S. The van der Waals surface area contributed by atoms with E-state index in [2.05, 4.69) is 11.1 Å². The Labute approximate surface area is 130 Å². The van der Waals surface area contributed by atoms with E-state index in [4.69, 9.17) is 0 Å². The van der Waals surface area contributed by atoms with Gasteiger partial charge in [-0.2, -0.15) is 5.26 Å². The summed E-state index contributed by atoms with van der Waals surface area (Å²) in [5, 5.41) is 19.3. The van der Waals surface area contributed by atoms with E-state index in [0.29, 0.717) is 17.9 Å². The van der Waals surface area contributed by atoms with Crippen LogP contribution in [0.3, 0.4) is 0 Å². The van der Waals surface area contributed by atoms with Crippen LogP contribution in [0.5, 0.6) is 0 Å². The minimum Gasteiger partial charge on any atom is -0.391 e. The van der Waals surface area contributed by atoms with Crippen molar-refractivity contribution in [3.05, 3.63) is 23.4 Å². The van der Waals surface area contributed by atoms with Crippen molar-refractivity contribution < 1.29 is 13.5 Å². The first-order chi connectivity index (χ1) is 10.2. The van der Waals surface area contributed by atoms with Crippen molar-refractivity contribution in [3.63, 3.8) is 0 Å². The Morgan fingerprint density at radius 1 is 1.45 bits per heavy atom. The van der Waals surface area contributed by atoms with Crippen molar-refractivity contribution in [2.75, 3.05) is 37.8 Å². The highest BCUT2D eigenvalue weighted by atomic mass is 32.2. The molecule has 0 aromatic carbocycles. The topological polar surface area (TPSA) is 97.5 Å². The molecule has 0 aliphatic carbocycles. The van der Waals surface area contributed by atoms with E-state index in [0.717, 1.165) is 10.00 Å². The van der Waals surface area contributed by atoms with Crippen LogP contribution in [-0.2, 0) is 10.0 Å². The molecule has 1 fully saturated rings. The smallest absolute Gasteiger partial charge is 0.214 e. The molecule has 8 heteroatoms. The van der Waals surface area contributed by atoms with Gasteiger partial charge in [0, 0.05) is 38.8 Å². The second-order valence-corrected chi connectivity index (χ2v) is 7.96. The van der Waals surface area contributed by atoms with Gasteiger partial charge in [0.15, 0.2) is 0 Å². The zero-order valence-electron chi connectivity index (χ0n) is 12.9. The number of hydrogen-bond donors (Lipinski definition) is 1. The quantitative estimate of drug-likeness (QED) is 0.834. The molecule has 0 unspecified atom stereocenters. The van der Waals surface area contributed by atoms with Crippen LogP contribution >= 0.6 is 0 Å². The predicted molar refractivity (Wildman–Crippen MR) is 82.9 cm³/mol. The third kappa shape index (κ3) is 3.38. The van der Waals surface area contributed by atoms with Crippen LogP contribution in [0, 0.1) is 24.2 Å². The first kappa shape index (κ1) is 16.7. The summed E-state index contributed by atoms with van der Waals surface area (Å²) in [5.74, 6) is -0.0155. The van der Waals surface area contributed by atoms with Gasteiger partial charge >= 0.3 is 0 Å². The summed E-state index contributed by atoms with van der Waals surface area (Å²) in [6.07, 6.45) is -0.761. The molecule has 2 rings (SSSR count). The van der Waals surface area contributed by atoms with Gasteiger partial charge in [0.1, 0.15) is 11.9 Å². The van der Waals surface area contributed by atoms with E-state index in [9.17, 15) is 18.8 Å². The summed E-state index contributed by atoms with van der Waals surface area (Å²) >= 11 is 0. The maximum atomic E-state index is 12.0. The van der Waals surface area contributed by atoms with Crippen LogP contribution in [0.25, 0.3) is 0 Å². The highest BCUT2D eigenvalue weighted by Gasteiger charge is 2.36. The van der Waals surface area contributed by atoms with E-state index in [1.165, 1.54) is 14.1 Å². The van der Waals surface area contributed by atoms with Crippen LogP contribution in [0.15, 0.2) is 12.1 Å². The monoisotopic (exact) mass is 324 g/mol. The normalized spacial score (nSPS) is 22.1. The van der Waals surface area contributed by atoms with Crippen LogP contribution in [0.4, 0.5) is 5.82 Å². The summed E-state index contributed by atoms with van der Waals surface area (Å²) in [5.41, 5.74) is 1.20. The summed E-state index contributed by atoms with van der Waals surface area (Å²) in [4.78, 5) is 6.14. The number of aryl methyl sites for hydroxylation is 1. The Balaban J connectivity index is 2.22. The number of aliphatic hydroxyl groups is 1. The maximum absolute atomic E-state index is 12.0. The fraction of sp³-hybridized carbons (Fsp3) is 0.571. The predicted octanol–water partition coefficient (Wildman–Crippen LogP) is -0.0498. The van der Waals surface area contributed by atoms with Gasteiger partial charge in [-0.25, -0.2) is 17.7 Å². The number of aliphatic hydroxyl groups excluding tert-OH is 1. The standard InChI is InChI=1S/C14H20N4O3S/c1-10-4-5-11(6-15)14(16-10)18-7-12(13(19)8-18)9-22(20,21)17(2)3/h4-5,12-13,19H,7-9H2,1-3H3/t12-,13+/m0/s1. The van der Waals surface area contributed by atoms with Crippen molar-refractivity contribution in [2.24, 2.45) is 5.92 Å². The van der Waals surface area contributed by atoms with Crippen molar-refractivity contribution in [1.82, 2.24) is 9.29 Å². The van der Waals surface area contributed by atoms with Crippen LogP contribution < -0.4 is 4.90 Å². The number of nitriles is 1. The molecule has 1 aliphatic rings. The van der Waals surface area contributed by atoms with Crippen molar-refractivity contribution in [3.8, 4) is 6.07 Å². The largest absolute Gasteiger partial charge is 0.391 e. The Bertz CT molecular complexity index is 697. The van der Waals surface area contributed by atoms with Gasteiger partial charge in [0.2, 0.25) is 10.0 Å². The zero-order chi connectivity index (χ0) is 16.5. The third-order valence-corrected chi connectivity index (χ3v) is 5.78. The Morgan fingerprint density at radius 2 is 2.14 bits per heavy atom. The zero-order valence-corrected chi connectivity index (χ0v) is 13.7.